The first-order chi connectivity index (χ1) is 16.2. The average molecular weight is 517 g/mol. The molecule has 0 unspecified atom stereocenters. The molecule has 10 heteroatoms. The van der Waals surface area contributed by atoms with Crippen molar-refractivity contribution in [1.29, 1.82) is 0 Å². The van der Waals surface area contributed by atoms with Crippen LogP contribution in [0.15, 0.2) is 24.3 Å². The summed E-state index contributed by atoms with van der Waals surface area (Å²) < 4.78 is 15.3. The minimum absolute atomic E-state index is 0. The Morgan fingerprint density at radius 1 is 0.886 bits per heavy atom. The monoisotopic (exact) mass is 516 g/mol. The Balaban J connectivity index is 0.0000116. The van der Waals surface area contributed by atoms with E-state index in [1.165, 1.54) is 88.5 Å². The van der Waals surface area contributed by atoms with Gasteiger partial charge < -0.3 is 25.9 Å². The van der Waals surface area contributed by atoms with Crippen LogP contribution in [0.5, 0.6) is 5.75 Å². The highest BCUT2D eigenvalue weighted by Gasteiger charge is 2.17. The van der Waals surface area contributed by atoms with Gasteiger partial charge in [0, 0.05) is 6.42 Å². The smallest absolute Gasteiger partial charge is 0.524 e. The number of hydrogen-bond donors (Lipinski definition) is 4. The predicted molar refractivity (Wildman–Crippen MR) is 136 cm³/mol. The van der Waals surface area contributed by atoms with Gasteiger partial charge in [-0.2, -0.15) is 0 Å². The summed E-state index contributed by atoms with van der Waals surface area (Å²) in [4.78, 5) is 41.2. The SMILES string of the molecule is CCCCCCCCCCCCCCCC(=O)N[C@@H](Cc1ccc(OP(=O)(O)O)cc1)C(=O)[O-].[NH4+]. The van der Waals surface area contributed by atoms with Crippen molar-refractivity contribution in [1.82, 2.24) is 11.5 Å². The van der Waals surface area contributed by atoms with Crippen molar-refractivity contribution in [2.24, 2.45) is 0 Å². The van der Waals surface area contributed by atoms with Gasteiger partial charge in [-0.25, -0.2) is 4.57 Å². The Morgan fingerprint density at radius 3 is 1.77 bits per heavy atom. The Labute approximate surface area is 209 Å². The number of quaternary nitrogens is 1. The van der Waals surface area contributed by atoms with E-state index in [0.29, 0.717) is 5.56 Å². The second-order valence-corrected chi connectivity index (χ2v) is 10.0. The molecule has 0 saturated carbocycles. The van der Waals surface area contributed by atoms with Gasteiger partial charge in [0.25, 0.3) is 0 Å². The van der Waals surface area contributed by atoms with E-state index in [4.69, 9.17) is 9.79 Å². The first kappa shape index (κ1) is 33.1. The highest BCUT2D eigenvalue weighted by Crippen LogP contribution is 2.37. The molecule has 7 N–H and O–H groups in total. The van der Waals surface area contributed by atoms with E-state index in [-0.39, 0.29) is 30.6 Å². The van der Waals surface area contributed by atoms with Crippen molar-refractivity contribution in [3.63, 3.8) is 0 Å². The fraction of sp³-hybridized carbons (Fsp3) is 0.680. The van der Waals surface area contributed by atoms with Crippen molar-refractivity contribution in [3.05, 3.63) is 29.8 Å². The van der Waals surface area contributed by atoms with Crippen LogP contribution in [0, 0.1) is 0 Å². The number of nitrogens with one attached hydrogen (secondary N) is 1. The summed E-state index contributed by atoms with van der Waals surface area (Å²) in [7, 11) is -4.66. The quantitative estimate of drug-likeness (QED) is 0.142. The van der Waals surface area contributed by atoms with Gasteiger partial charge in [-0.3, -0.25) is 14.6 Å². The molecule has 0 aromatic heterocycles. The molecular formula is C25H45N2O7P. The summed E-state index contributed by atoms with van der Waals surface area (Å²) >= 11 is 0. The number of carboxylic acid groups (broad SMARTS) is 1. The number of carbonyl (C=O) groups excluding carboxylic acids is 2. The zero-order valence-corrected chi connectivity index (χ0v) is 22.3. The number of benzene rings is 1. The molecule has 1 amide bonds. The van der Waals surface area contributed by atoms with Crippen LogP contribution in [0.1, 0.15) is 102 Å². The number of amides is 1. The van der Waals surface area contributed by atoms with Gasteiger partial charge in [0.15, 0.2) is 0 Å². The molecule has 0 aliphatic rings. The van der Waals surface area contributed by atoms with E-state index >= 15 is 0 Å². The minimum atomic E-state index is -4.66. The fourth-order valence-electron chi connectivity index (χ4n) is 3.82. The summed E-state index contributed by atoms with van der Waals surface area (Å²) in [6.07, 6.45) is 16.0. The normalized spacial score (nSPS) is 12.0. The highest BCUT2D eigenvalue weighted by atomic mass is 31.2. The number of carbonyl (C=O) groups is 2. The lowest BCUT2D eigenvalue weighted by Gasteiger charge is -2.20. The Kier molecular flexibility index (Phi) is 18.2. The molecule has 0 saturated heterocycles. The topological polar surface area (TPSA) is 172 Å². The third kappa shape index (κ3) is 18.1. The van der Waals surface area contributed by atoms with Gasteiger partial charge in [-0.1, -0.05) is 96.1 Å². The lowest BCUT2D eigenvalue weighted by atomic mass is 10.0. The molecule has 35 heavy (non-hydrogen) atoms. The maximum absolute atomic E-state index is 12.2. The van der Waals surface area contributed by atoms with Crippen molar-refractivity contribution >= 4 is 19.7 Å². The maximum Gasteiger partial charge on any atom is 0.524 e. The molecule has 0 radical (unpaired) electrons. The number of carboxylic acids is 1. The standard InChI is InChI=1S/C25H42NO7P.H3N/c1-2-3-4-5-6-7-8-9-10-11-12-13-14-15-24(27)26-23(25(28)29)20-21-16-18-22(19-17-21)33-34(30,31)32;/h16-19,23H,2-15,20H2,1H3,(H,26,27)(H,28,29)(H2,30,31,32);1H3/t23-;/m0./s1. The average Bonchev–Trinajstić information content (AvgIpc) is 2.76. The molecule has 0 fully saturated rings. The first-order valence-corrected chi connectivity index (χ1v) is 14.1. The van der Waals surface area contributed by atoms with Crippen LogP contribution in [-0.2, 0) is 20.6 Å². The molecule has 1 aromatic rings. The molecule has 0 spiro atoms. The van der Waals surface area contributed by atoms with Crippen molar-refractivity contribution in [3.8, 4) is 5.75 Å². The van der Waals surface area contributed by atoms with E-state index < -0.39 is 19.8 Å². The zero-order chi connectivity index (χ0) is 25.2. The van der Waals surface area contributed by atoms with Gasteiger partial charge >= 0.3 is 7.82 Å². The molecule has 1 atom stereocenters. The predicted octanol–water partition coefficient (Wildman–Crippen LogP) is 4.79. The van der Waals surface area contributed by atoms with Crippen LogP contribution in [0.4, 0.5) is 0 Å². The van der Waals surface area contributed by atoms with Crippen molar-refractivity contribution in [2.45, 2.75) is 109 Å². The molecule has 202 valence electrons. The molecule has 9 nitrogen and oxygen atoms in total. The zero-order valence-electron chi connectivity index (χ0n) is 21.4. The lowest BCUT2D eigenvalue weighted by molar-refractivity contribution is -0.308. The van der Waals surface area contributed by atoms with Crippen LogP contribution in [0.2, 0.25) is 0 Å². The summed E-state index contributed by atoms with van der Waals surface area (Å²) in [5, 5.41) is 13.9. The second-order valence-electron chi connectivity index (χ2n) is 8.86. The lowest BCUT2D eigenvalue weighted by Crippen LogP contribution is -2.49. The van der Waals surface area contributed by atoms with Crippen molar-refractivity contribution in [2.75, 3.05) is 0 Å². The van der Waals surface area contributed by atoms with E-state index in [2.05, 4.69) is 16.8 Å². The Morgan fingerprint density at radius 2 is 1.34 bits per heavy atom. The third-order valence-corrected chi connectivity index (χ3v) is 6.16. The molecule has 0 aliphatic heterocycles. The number of unbranched alkanes of at least 4 members (excludes halogenated alkanes) is 12. The van der Waals surface area contributed by atoms with E-state index in [1.807, 2.05) is 0 Å². The molecule has 1 rings (SSSR count). The van der Waals surface area contributed by atoms with Crippen LogP contribution >= 0.6 is 7.82 Å². The Hall–Kier alpha value is -1.93. The fourth-order valence-corrected chi connectivity index (χ4v) is 4.22. The second kappa shape index (κ2) is 19.3. The number of aliphatic carboxylic acids is 1. The van der Waals surface area contributed by atoms with Gasteiger partial charge in [0.2, 0.25) is 5.91 Å². The summed E-state index contributed by atoms with van der Waals surface area (Å²) in [6.45, 7) is 2.23. The summed E-state index contributed by atoms with van der Waals surface area (Å²) in [5.41, 5.74) is 0.563. The van der Waals surface area contributed by atoms with Gasteiger partial charge in [-0.15, -0.1) is 0 Å². The van der Waals surface area contributed by atoms with E-state index in [1.54, 1.807) is 0 Å². The van der Waals surface area contributed by atoms with Crippen LogP contribution in [-0.4, -0.2) is 27.7 Å². The molecule has 1 aromatic carbocycles. The molecule has 0 aliphatic carbocycles. The van der Waals surface area contributed by atoms with Gasteiger partial charge in [0.05, 0.1) is 12.0 Å². The largest absolute Gasteiger partial charge is 0.548 e. The number of hydrogen-bond acceptors (Lipinski definition) is 5. The first-order valence-electron chi connectivity index (χ1n) is 12.6. The van der Waals surface area contributed by atoms with E-state index in [0.717, 1.165) is 19.3 Å². The van der Waals surface area contributed by atoms with Gasteiger partial charge in [-0.05, 0) is 30.5 Å². The van der Waals surface area contributed by atoms with Crippen LogP contribution < -0.4 is 21.1 Å². The van der Waals surface area contributed by atoms with Gasteiger partial charge in [0.1, 0.15) is 5.75 Å². The summed E-state index contributed by atoms with van der Waals surface area (Å²) in [5.74, 6) is -1.73. The molecular weight excluding hydrogens is 471 g/mol. The summed E-state index contributed by atoms with van der Waals surface area (Å²) in [6, 6.07) is 4.45. The highest BCUT2D eigenvalue weighted by molar-refractivity contribution is 7.46. The molecule has 0 bridgehead atoms. The minimum Gasteiger partial charge on any atom is -0.548 e. The number of phosphoric ester groups is 1. The molecule has 0 heterocycles. The maximum atomic E-state index is 12.2. The number of phosphoric acid groups is 1. The van der Waals surface area contributed by atoms with E-state index in [9.17, 15) is 19.3 Å². The van der Waals surface area contributed by atoms with Crippen LogP contribution in [0.3, 0.4) is 0 Å². The van der Waals surface area contributed by atoms with Crippen molar-refractivity contribution < 1.29 is 33.6 Å². The number of rotatable bonds is 20. The Bertz CT molecular complexity index is 753. The third-order valence-electron chi connectivity index (χ3n) is 5.71. The van der Waals surface area contributed by atoms with Crippen LogP contribution in [0.25, 0.3) is 0 Å².